The fourth-order valence-electron chi connectivity index (χ4n) is 2.58. The molecule has 20 heavy (non-hydrogen) atoms. The van der Waals surface area contributed by atoms with Gasteiger partial charge in [0.1, 0.15) is 0 Å². The Balaban J connectivity index is 1.58. The number of morpholine rings is 1. The van der Waals surface area contributed by atoms with Crippen LogP contribution in [0.4, 0.5) is 0 Å². The second kappa shape index (κ2) is 6.24. The van der Waals surface area contributed by atoms with E-state index >= 15 is 0 Å². The van der Waals surface area contributed by atoms with Crippen LogP contribution < -0.4 is 0 Å². The molecule has 2 fully saturated rings. The Hall–Kier alpha value is -0.910. The molecule has 3 rings (SSSR count). The zero-order chi connectivity index (χ0) is 13.9. The van der Waals surface area contributed by atoms with Gasteiger partial charge in [0, 0.05) is 30.7 Å². The lowest BCUT2D eigenvalue weighted by Gasteiger charge is -2.36. The minimum absolute atomic E-state index is 0.0704. The Morgan fingerprint density at radius 1 is 1.25 bits per heavy atom. The van der Waals surface area contributed by atoms with Crippen molar-refractivity contribution in [3.05, 3.63) is 34.3 Å². The Morgan fingerprint density at radius 2 is 2.00 bits per heavy atom. The van der Waals surface area contributed by atoms with Gasteiger partial charge in [0.05, 0.1) is 19.3 Å². The number of hydrogen-bond donors (Lipinski definition) is 0. The SMILES string of the molecule is O=C(CN1CCO[C@@H](c2ccc(Br)cc2)C1)N1CCC1. The number of benzene rings is 1. The molecule has 2 aliphatic rings. The van der Waals surface area contributed by atoms with Crippen molar-refractivity contribution < 1.29 is 9.53 Å². The lowest BCUT2D eigenvalue weighted by Crippen LogP contribution is -2.49. The Kier molecular flexibility index (Phi) is 4.38. The first-order chi connectivity index (χ1) is 9.72. The summed E-state index contributed by atoms with van der Waals surface area (Å²) in [6, 6.07) is 8.22. The molecule has 1 aromatic rings. The molecule has 2 saturated heterocycles. The molecule has 2 heterocycles. The van der Waals surface area contributed by atoms with Gasteiger partial charge >= 0.3 is 0 Å². The quantitative estimate of drug-likeness (QED) is 0.845. The summed E-state index contributed by atoms with van der Waals surface area (Å²) < 4.78 is 6.91. The molecule has 1 amide bonds. The van der Waals surface area contributed by atoms with Crippen LogP contribution in [-0.2, 0) is 9.53 Å². The highest BCUT2D eigenvalue weighted by Crippen LogP contribution is 2.24. The molecule has 0 radical (unpaired) electrons. The first-order valence-corrected chi connectivity index (χ1v) is 7.89. The summed E-state index contributed by atoms with van der Waals surface area (Å²) in [7, 11) is 0. The van der Waals surface area contributed by atoms with Crippen molar-refractivity contribution in [1.29, 1.82) is 0 Å². The van der Waals surface area contributed by atoms with Gasteiger partial charge in [0.15, 0.2) is 0 Å². The molecule has 0 spiro atoms. The van der Waals surface area contributed by atoms with Crippen molar-refractivity contribution >= 4 is 21.8 Å². The van der Waals surface area contributed by atoms with Gasteiger partial charge < -0.3 is 9.64 Å². The maximum absolute atomic E-state index is 12.0. The Labute approximate surface area is 127 Å². The maximum atomic E-state index is 12.0. The third-order valence-corrected chi connectivity index (χ3v) is 4.49. The molecule has 0 saturated carbocycles. The highest BCUT2D eigenvalue weighted by Gasteiger charge is 2.26. The van der Waals surface area contributed by atoms with E-state index in [1.54, 1.807) is 0 Å². The van der Waals surface area contributed by atoms with Crippen LogP contribution in [0, 0.1) is 0 Å². The molecule has 4 nitrogen and oxygen atoms in total. The minimum atomic E-state index is 0.0704. The smallest absolute Gasteiger partial charge is 0.236 e. The fraction of sp³-hybridized carbons (Fsp3) is 0.533. The Morgan fingerprint density at radius 3 is 2.65 bits per heavy atom. The maximum Gasteiger partial charge on any atom is 0.236 e. The summed E-state index contributed by atoms with van der Waals surface area (Å²) in [5.41, 5.74) is 1.18. The number of hydrogen-bond acceptors (Lipinski definition) is 3. The molecule has 0 aromatic heterocycles. The van der Waals surface area contributed by atoms with E-state index in [1.807, 2.05) is 17.0 Å². The van der Waals surface area contributed by atoms with Gasteiger partial charge in [0.25, 0.3) is 0 Å². The number of carbonyl (C=O) groups excluding carboxylic acids is 1. The van der Waals surface area contributed by atoms with Crippen molar-refractivity contribution in [3.63, 3.8) is 0 Å². The average molecular weight is 339 g/mol. The standard InChI is InChI=1S/C15H19BrN2O2/c16-13-4-2-12(3-5-13)14-10-17(8-9-20-14)11-15(19)18-6-1-7-18/h2-5,14H,1,6-11H2/t14-/m1/s1. The molecule has 0 N–H and O–H groups in total. The number of ether oxygens (including phenoxy) is 1. The van der Waals surface area contributed by atoms with Crippen molar-refractivity contribution in [3.8, 4) is 0 Å². The molecule has 1 atom stereocenters. The van der Waals surface area contributed by atoms with Crippen LogP contribution in [0.15, 0.2) is 28.7 Å². The summed E-state index contributed by atoms with van der Waals surface area (Å²) in [5.74, 6) is 0.257. The average Bonchev–Trinajstić information content (AvgIpc) is 2.37. The van der Waals surface area contributed by atoms with Crippen LogP contribution in [-0.4, -0.2) is 55.0 Å². The fourth-order valence-corrected chi connectivity index (χ4v) is 2.85. The van der Waals surface area contributed by atoms with Gasteiger partial charge in [-0.2, -0.15) is 0 Å². The summed E-state index contributed by atoms with van der Waals surface area (Å²) in [4.78, 5) is 16.2. The van der Waals surface area contributed by atoms with Crippen LogP contribution in [0.5, 0.6) is 0 Å². The van der Waals surface area contributed by atoms with Gasteiger partial charge in [0.2, 0.25) is 5.91 Å². The summed E-state index contributed by atoms with van der Waals surface area (Å²) >= 11 is 3.44. The molecule has 1 aromatic carbocycles. The van der Waals surface area contributed by atoms with Gasteiger partial charge in [-0.05, 0) is 24.1 Å². The van der Waals surface area contributed by atoms with E-state index in [0.29, 0.717) is 13.2 Å². The monoisotopic (exact) mass is 338 g/mol. The number of carbonyl (C=O) groups is 1. The normalized spacial score (nSPS) is 23.4. The van der Waals surface area contributed by atoms with Gasteiger partial charge in [-0.1, -0.05) is 28.1 Å². The molecule has 0 bridgehead atoms. The van der Waals surface area contributed by atoms with Crippen LogP contribution in [0.25, 0.3) is 0 Å². The first-order valence-electron chi connectivity index (χ1n) is 7.09. The molecule has 0 unspecified atom stereocenters. The molecule has 5 heteroatoms. The van der Waals surface area contributed by atoms with Gasteiger partial charge in [-0.3, -0.25) is 9.69 Å². The van der Waals surface area contributed by atoms with E-state index in [-0.39, 0.29) is 12.0 Å². The molecule has 108 valence electrons. The van der Waals surface area contributed by atoms with E-state index < -0.39 is 0 Å². The first kappa shape index (κ1) is 14.0. The van der Waals surface area contributed by atoms with Crippen LogP contribution >= 0.6 is 15.9 Å². The predicted octanol–water partition coefficient (Wildman–Crippen LogP) is 2.05. The number of amides is 1. The van der Waals surface area contributed by atoms with E-state index in [2.05, 4.69) is 33.0 Å². The van der Waals surface area contributed by atoms with Gasteiger partial charge in [-0.15, -0.1) is 0 Å². The second-order valence-corrected chi connectivity index (χ2v) is 6.30. The predicted molar refractivity (Wildman–Crippen MR) is 80.5 cm³/mol. The number of halogens is 1. The van der Waals surface area contributed by atoms with Crippen LogP contribution in [0.3, 0.4) is 0 Å². The van der Waals surface area contributed by atoms with Gasteiger partial charge in [-0.25, -0.2) is 0 Å². The largest absolute Gasteiger partial charge is 0.371 e. The number of nitrogens with zero attached hydrogens (tertiary/aromatic N) is 2. The Bertz CT molecular complexity index is 473. The summed E-state index contributed by atoms with van der Waals surface area (Å²) in [5, 5.41) is 0. The number of likely N-dealkylation sites (tertiary alicyclic amines) is 1. The molecular weight excluding hydrogens is 320 g/mol. The molecule has 2 aliphatic heterocycles. The molecular formula is C15H19BrN2O2. The van der Waals surface area contributed by atoms with Crippen LogP contribution in [0.2, 0.25) is 0 Å². The topological polar surface area (TPSA) is 32.8 Å². The van der Waals surface area contributed by atoms with Crippen molar-refractivity contribution in [2.75, 3.05) is 39.3 Å². The highest BCUT2D eigenvalue weighted by atomic mass is 79.9. The molecule has 0 aliphatic carbocycles. The van der Waals surface area contributed by atoms with E-state index in [1.165, 1.54) is 5.56 Å². The van der Waals surface area contributed by atoms with Crippen LogP contribution in [0.1, 0.15) is 18.1 Å². The van der Waals surface area contributed by atoms with Crippen molar-refractivity contribution in [1.82, 2.24) is 9.80 Å². The summed E-state index contributed by atoms with van der Waals surface area (Å²) in [6.45, 7) is 4.71. The van der Waals surface area contributed by atoms with Crippen molar-refractivity contribution in [2.24, 2.45) is 0 Å². The van der Waals surface area contributed by atoms with E-state index in [9.17, 15) is 4.79 Å². The minimum Gasteiger partial charge on any atom is -0.371 e. The third-order valence-electron chi connectivity index (χ3n) is 3.96. The third kappa shape index (κ3) is 3.22. The zero-order valence-electron chi connectivity index (χ0n) is 11.4. The van der Waals surface area contributed by atoms with E-state index in [0.717, 1.165) is 37.1 Å². The number of rotatable bonds is 3. The lowest BCUT2D eigenvalue weighted by atomic mass is 10.1. The highest BCUT2D eigenvalue weighted by molar-refractivity contribution is 9.10. The lowest BCUT2D eigenvalue weighted by molar-refractivity contribution is -0.137. The van der Waals surface area contributed by atoms with E-state index in [4.69, 9.17) is 4.74 Å². The van der Waals surface area contributed by atoms with Crippen molar-refractivity contribution in [2.45, 2.75) is 12.5 Å². The summed E-state index contributed by atoms with van der Waals surface area (Å²) in [6.07, 6.45) is 1.22. The second-order valence-electron chi connectivity index (χ2n) is 5.38. The zero-order valence-corrected chi connectivity index (χ0v) is 13.0.